The number of nitrogen functional groups attached to an aromatic ring is 1. The monoisotopic (exact) mass is 365 g/mol. The van der Waals surface area contributed by atoms with Crippen LogP contribution in [0.5, 0.6) is 0 Å². The maximum Gasteiger partial charge on any atom is 0.157 e. The number of nitrogens with zero attached hydrogens (tertiary/aromatic N) is 3. The first kappa shape index (κ1) is 13.9. The van der Waals surface area contributed by atoms with Gasteiger partial charge in [0.15, 0.2) is 5.82 Å². The highest BCUT2D eigenvalue weighted by Gasteiger charge is 2.14. The van der Waals surface area contributed by atoms with Gasteiger partial charge in [-0.05, 0) is 28.1 Å². The molecule has 4 aromatic rings. The zero-order valence-corrected chi connectivity index (χ0v) is 13.6. The standard InChI is InChI=1S/C17H12BrN5/c18-16-17(19)22-14(10-4-2-1-3-5-10)15(21-16)11-6-7-13-12(8-11)9-20-23-13/h1-9H,(H2,19,22)(H,20,23). The number of H-pyrrole nitrogens is 1. The van der Waals surface area contributed by atoms with E-state index >= 15 is 0 Å². The highest BCUT2D eigenvalue weighted by molar-refractivity contribution is 9.10. The summed E-state index contributed by atoms with van der Waals surface area (Å²) in [5, 5.41) is 8.03. The number of hydrogen-bond acceptors (Lipinski definition) is 4. The summed E-state index contributed by atoms with van der Waals surface area (Å²) in [5.74, 6) is 0.372. The van der Waals surface area contributed by atoms with Crippen LogP contribution in [0.1, 0.15) is 0 Å². The molecule has 3 N–H and O–H groups in total. The first-order valence-electron chi connectivity index (χ1n) is 7.04. The highest BCUT2D eigenvalue weighted by atomic mass is 79.9. The van der Waals surface area contributed by atoms with Crippen LogP contribution in [0, 0.1) is 0 Å². The first-order valence-corrected chi connectivity index (χ1v) is 7.83. The zero-order chi connectivity index (χ0) is 15.8. The Balaban J connectivity index is 1.98. The fraction of sp³-hybridized carbons (Fsp3) is 0. The maximum atomic E-state index is 5.94. The second-order valence-electron chi connectivity index (χ2n) is 5.13. The molecule has 2 aromatic carbocycles. The fourth-order valence-electron chi connectivity index (χ4n) is 2.52. The number of anilines is 1. The quantitative estimate of drug-likeness (QED) is 0.561. The van der Waals surface area contributed by atoms with Crippen LogP contribution >= 0.6 is 15.9 Å². The Morgan fingerprint density at radius 1 is 0.913 bits per heavy atom. The third kappa shape index (κ3) is 2.47. The zero-order valence-electron chi connectivity index (χ0n) is 12.0. The number of aromatic nitrogens is 4. The van der Waals surface area contributed by atoms with Crippen molar-refractivity contribution < 1.29 is 0 Å². The van der Waals surface area contributed by atoms with E-state index in [-0.39, 0.29) is 0 Å². The number of hydrogen-bond donors (Lipinski definition) is 2. The lowest BCUT2D eigenvalue weighted by Gasteiger charge is -2.10. The lowest BCUT2D eigenvalue weighted by Crippen LogP contribution is -2.00. The van der Waals surface area contributed by atoms with E-state index in [9.17, 15) is 0 Å². The van der Waals surface area contributed by atoms with Crippen LogP contribution < -0.4 is 5.73 Å². The molecule has 2 heterocycles. The summed E-state index contributed by atoms with van der Waals surface area (Å²) in [6, 6.07) is 15.9. The average Bonchev–Trinajstić information content (AvgIpc) is 3.05. The molecule has 0 bridgehead atoms. The van der Waals surface area contributed by atoms with Crippen molar-refractivity contribution in [3.63, 3.8) is 0 Å². The largest absolute Gasteiger partial charge is 0.381 e. The third-order valence-corrected chi connectivity index (χ3v) is 4.22. The van der Waals surface area contributed by atoms with Gasteiger partial charge in [-0.1, -0.05) is 36.4 Å². The Labute approximate surface area is 140 Å². The van der Waals surface area contributed by atoms with E-state index in [1.165, 1.54) is 0 Å². The Hall–Kier alpha value is -2.73. The SMILES string of the molecule is Nc1nc(-c2ccccc2)c(-c2ccc3[nH]ncc3c2)nc1Br. The predicted molar refractivity (Wildman–Crippen MR) is 94.7 cm³/mol. The van der Waals surface area contributed by atoms with Gasteiger partial charge >= 0.3 is 0 Å². The summed E-state index contributed by atoms with van der Waals surface area (Å²) in [6.07, 6.45) is 1.79. The van der Waals surface area contributed by atoms with Crippen molar-refractivity contribution in [3.05, 3.63) is 59.3 Å². The molecule has 112 valence electrons. The van der Waals surface area contributed by atoms with E-state index < -0.39 is 0 Å². The number of rotatable bonds is 2. The molecule has 23 heavy (non-hydrogen) atoms. The molecule has 0 aliphatic heterocycles. The van der Waals surface area contributed by atoms with Gasteiger partial charge in [0.05, 0.1) is 23.1 Å². The predicted octanol–water partition coefficient (Wildman–Crippen LogP) is 4.03. The Morgan fingerprint density at radius 2 is 1.70 bits per heavy atom. The third-order valence-electron chi connectivity index (χ3n) is 3.64. The molecule has 6 heteroatoms. The normalized spacial score (nSPS) is 11.0. The van der Waals surface area contributed by atoms with E-state index in [1.54, 1.807) is 6.20 Å². The number of aromatic amines is 1. The second-order valence-corrected chi connectivity index (χ2v) is 5.89. The summed E-state index contributed by atoms with van der Waals surface area (Å²) in [4.78, 5) is 9.14. The van der Waals surface area contributed by atoms with Crippen molar-refractivity contribution in [1.29, 1.82) is 0 Å². The summed E-state index contributed by atoms with van der Waals surface area (Å²) >= 11 is 3.38. The maximum absolute atomic E-state index is 5.94. The summed E-state index contributed by atoms with van der Waals surface area (Å²) in [7, 11) is 0. The molecular formula is C17H12BrN5. The Morgan fingerprint density at radius 3 is 2.52 bits per heavy atom. The van der Waals surface area contributed by atoms with Gasteiger partial charge in [-0.25, -0.2) is 9.97 Å². The van der Waals surface area contributed by atoms with E-state index in [4.69, 9.17) is 5.73 Å². The van der Waals surface area contributed by atoms with Crippen molar-refractivity contribution in [2.45, 2.75) is 0 Å². The van der Waals surface area contributed by atoms with Crippen LogP contribution in [0.2, 0.25) is 0 Å². The number of fused-ring (bicyclic) bond motifs is 1. The molecule has 0 fully saturated rings. The molecular weight excluding hydrogens is 354 g/mol. The fourth-order valence-corrected chi connectivity index (χ4v) is 2.78. The van der Waals surface area contributed by atoms with Crippen LogP contribution in [0.4, 0.5) is 5.82 Å². The minimum atomic E-state index is 0.372. The van der Waals surface area contributed by atoms with E-state index in [2.05, 4.69) is 36.1 Å². The minimum absolute atomic E-state index is 0.372. The van der Waals surface area contributed by atoms with Crippen LogP contribution in [-0.2, 0) is 0 Å². The lowest BCUT2D eigenvalue weighted by molar-refractivity contribution is 1.12. The van der Waals surface area contributed by atoms with E-state index in [0.29, 0.717) is 10.4 Å². The van der Waals surface area contributed by atoms with Crippen molar-refractivity contribution in [2.24, 2.45) is 0 Å². The van der Waals surface area contributed by atoms with E-state index in [0.717, 1.165) is 33.4 Å². The summed E-state index contributed by atoms with van der Waals surface area (Å²) in [6.45, 7) is 0. The van der Waals surface area contributed by atoms with Gasteiger partial charge < -0.3 is 5.73 Å². The molecule has 0 radical (unpaired) electrons. The number of nitrogens with two attached hydrogens (primary N) is 1. The molecule has 0 spiro atoms. The average molecular weight is 366 g/mol. The Bertz CT molecular complexity index is 994. The smallest absolute Gasteiger partial charge is 0.157 e. The van der Waals surface area contributed by atoms with Crippen LogP contribution in [0.25, 0.3) is 33.4 Å². The molecule has 0 unspecified atom stereocenters. The van der Waals surface area contributed by atoms with Gasteiger partial charge in [0.1, 0.15) is 4.60 Å². The highest BCUT2D eigenvalue weighted by Crippen LogP contribution is 2.33. The molecule has 0 aliphatic rings. The molecule has 5 nitrogen and oxygen atoms in total. The molecule has 0 saturated heterocycles. The molecule has 0 atom stereocenters. The van der Waals surface area contributed by atoms with Gasteiger partial charge in [0.2, 0.25) is 0 Å². The van der Waals surface area contributed by atoms with Crippen LogP contribution in [0.3, 0.4) is 0 Å². The van der Waals surface area contributed by atoms with Crippen molar-refractivity contribution in [1.82, 2.24) is 20.2 Å². The number of benzene rings is 2. The molecule has 0 saturated carbocycles. The molecule has 0 aliphatic carbocycles. The van der Waals surface area contributed by atoms with Crippen molar-refractivity contribution in [3.8, 4) is 22.5 Å². The number of nitrogens with one attached hydrogen (secondary N) is 1. The van der Waals surface area contributed by atoms with Crippen LogP contribution in [-0.4, -0.2) is 20.2 Å². The van der Waals surface area contributed by atoms with Gasteiger partial charge in [-0.15, -0.1) is 0 Å². The van der Waals surface area contributed by atoms with Crippen molar-refractivity contribution >= 4 is 32.7 Å². The Kier molecular flexibility index (Phi) is 3.31. The lowest BCUT2D eigenvalue weighted by atomic mass is 10.0. The van der Waals surface area contributed by atoms with E-state index in [1.807, 2.05) is 48.5 Å². The second kappa shape index (κ2) is 5.48. The van der Waals surface area contributed by atoms with Crippen LogP contribution in [0.15, 0.2) is 59.3 Å². The van der Waals surface area contributed by atoms with Gasteiger partial charge in [-0.3, -0.25) is 5.10 Å². The van der Waals surface area contributed by atoms with Gasteiger partial charge in [0.25, 0.3) is 0 Å². The first-order chi connectivity index (χ1) is 11.2. The molecule has 4 rings (SSSR count). The van der Waals surface area contributed by atoms with Gasteiger partial charge in [0, 0.05) is 16.5 Å². The molecule has 0 amide bonds. The minimum Gasteiger partial charge on any atom is -0.381 e. The van der Waals surface area contributed by atoms with Gasteiger partial charge in [-0.2, -0.15) is 5.10 Å². The topological polar surface area (TPSA) is 80.5 Å². The number of halogens is 1. The summed E-state index contributed by atoms with van der Waals surface area (Å²) < 4.78 is 0.541. The van der Waals surface area contributed by atoms with Crippen molar-refractivity contribution in [2.75, 3.05) is 5.73 Å². The molecule has 2 aromatic heterocycles. The summed E-state index contributed by atoms with van der Waals surface area (Å²) in [5.41, 5.74) is 10.4.